The van der Waals surface area contributed by atoms with E-state index in [9.17, 15) is 18.0 Å². The third kappa shape index (κ3) is 2.93. The van der Waals surface area contributed by atoms with Crippen LogP contribution in [0.5, 0.6) is 0 Å². The highest BCUT2D eigenvalue weighted by molar-refractivity contribution is 7.90. The highest BCUT2D eigenvalue weighted by Crippen LogP contribution is 2.39. The Morgan fingerprint density at radius 1 is 1.28 bits per heavy atom. The van der Waals surface area contributed by atoms with Crippen molar-refractivity contribution in [3.8, 4) is 0 Å². The first-order valence-corrected chi connectivity index (χ1v) is 10.0. The first kappa shape index (κ1) is 16.5. The fourth-order valence-electron chi connectivity index (χ4n) is 3.38. The SMILES string of the molecule is O=C(NCCC1CCCO1)c1ccc2c(c1)S(=O)(=O)N(C1CC1)C2=O. The minimum atomic E-state index is -3.84. The summed E-state index contributed by atoms with van der Waals surface area (Å²) in [6.45, 7) is 1.24. The summed E-state index contributed by atoms with van der Waals surface area (Å²) in [5.74, 6) is -0.823. The average molecular weight is 364 g/mol. The van der Waals surface area contributed by atoms with Crippen molar-refractivity contribution in [2.24, 2.45) is 0 Å². The van der Waals surface area contributed by atoms with Crippen molar-refractivity contribution in [3.63, 3.8) is 0 Å². The lowest BCUT2D eigenvalue weighted by molar-refractivity contribution is 0.0861. The lowest BCUT2D eigenvalue weighted by Crippen LogP contribution is -2.32. The first-order valence-electron chi connectivity index (χ1n) is 8.61. The molecule has 8 heteroatoms. The van der Waals surface area contributed by atoms with Crippen LogP contribution in [-0.2, 0) is 14.8 Å². The van der Waals surface area contributed by atoms with Gasteiger partial charge < -0.3 is 10.1 Å². The molecule has 3 aliphatic rings. The van der Waals surface area contributed by atoms with E-state index in [2.05, 4.69) is 5.32 Å². The quantitative estimate of drug-likeness (QED) is 0.850. The lowest BCUT2D eigenvalue weighted by Gasteiger charge is -2.13. The number of carbonyl (C=O) groups excluding carboxylic acids is 2. The molecule has 1 atom stereocenters. The van der Waals surface area contributed by atoms with Gasteiger partial charge in [-0.3, -0.25) is 9.59 Å². The van der Waals surface area contributed by atoms with Gasteiger partial charge in [-0.2, -0.15) is 0 Å². The molecule has 1 aromatic carbocycles. The molecule has 2 heterocycles. The van der Waals surface area contributed by atoms with E-state index in [1.165, 1.54) is 18.2 Å². The smallest absolute Gasteiger partial charge is 0.269 e. The second-order valence-electron chi connectivity index (χ2n) is 6.73. The largest absolute Gasteiger partial charge is 0.378 e. The number of ether oxygens (including phenoxy) is 1. The minimum Gasteiger partial charge on any atom is -0.378 e. The molecule has 0 spiro atoms. The van der Waals surface area contributed by atoms with Crippen LogP contribution in [0, 0.1) is 0 Å². The summed E-state index contributed by atoms with van der Waals surface area (Å²) >= 11 is 0. The van der Waals surface area contributed by atoms with Gasteiger partial charge in [-0.25, -0.2) is 12.7 Å². The highest BCUT2D eigenvalue weighted by atomic mass is 32.2. The second-order valence-corrected chi connectivity index (χ2v) is 8.51. The van der Waals surface area contributed by atoms with Crippen LogP contribution >= 0.6 is 0 Å². The Morgan fingerprint density at radius 3 is 2.76 bits per heavy atom. The van der Waals surface area contributed by atoms with Crippen molar-refractivity contribution >= 4 is 21.8 Å². The summed E-state index contributed by atoms with van der Waals surface area (Å²) < 4.78 is 31.7. The van der Waals surface area contributed by atoms with E-state index in [0.717, 1.165) is 30.2 Å². The Morgan fingerprint density at radius 2 is 2.08 bits per heavy atom. The van der Waals surface area contributed by atoms with Crippen molar-refractivity contribution in [3.05, 3.63) is 29.3 Å². The Kier molecular flexibility index (Phi) is 4.04. The number of carbonyl (C=O) groups is 2. The summed E-state index contributed by atoms with van der Waals surface area (Å²) in [6.07, 6.45) is 4.39. The van der Waals surface area contributed by atoms with Gasteiger partial charge in [-0.1, -0.05) is 0 Å². The number of hydrogen-bond donors (Lipinski definition) is 1. The van der Waals surface area contributed by atoms with E-state index >= 15 is 0 Å². The van der Waals surface area contributed by atoms with Gasteiger partial charge >= 0.3 is 0 Å². The zero-order chi connectivity index (χ0) is 17.6. The number of fused-ring (bicyclic) bond motifs is 1. The zero-order valence-electron chi connectivity index (χ0n) is 13.7. The normalized spacial score (nSPS) is 24.4. The molecule has 0 aromatic heterocycles. The van der Waals surface area contributed by atoms with Crippen molar-refractivity contribution in [2.45, 2.75) is 49.1 Å². The molecule has 1 unspecified atom stereocenters. The summed E-state index contributed by atoms with van der Waals surface area (Å²) in [5, 5.41) is 2.79. The fraction of sp³-hybridized carbons (Fsp3) is 0.529. The van der Waals surface area contributed by atoms with E-state index in [1.807, 2.05) is 0 Å². The molecule has 1 saturated carbocycles. The Hall–Kier alpha value is -1.93. The minimum absolute atomic E-state index is 0.0591. The van der Waals surface area contributed by atoms with Crippen LogP contribution in [0.1, 0.15) is 52.8 Å². The Bertz CT molecular complexity index is 825. The number of nitrogens with one attached hydrogen (secondary N) is 1. The van der Waals surface area contributed by atoms with Crippen LogP contribution < -0.4 is 5.32 Å². The van der Waals surface area contributed by atoms with Crippen molar-refractivity contribution < 1.29 is 22.7 Å². The van der Waals surface area contributed by atoms with Gasteiger partial charge in [0.05, 0.1) is 11.7 Å². The number of rotatable bonds is 5. The summed E-state index contributed by atoms with van der Waals surface area (Å²) in [7, 11) is -3.84. The maximum atomic E-state index is 12.6. The van der Waals surface area contributed by atoms with E-state index in [-0.39, 0.29) is 34.1 Å². The molecule has 1 saturated heterocycles. The van der Waals surface area contributed by atoms with Gasteiger partial charge in [-0.15, -0.1) is 0 Å². The zero-order valence-corrected chi connectivity index (χ0v) is 14.5. The molecule has 7 nitrogen and oxygen atoms in total. The van der Waals surface area contributed by atoms with Crippen LogP contribution in [0.25, 0.3) is 0 Å². The summed E-state index contributed by atoms with van der Waals surface area (Å²) in [5.41, 5.74) is 0.405. The molecular weight excluding hydrogens is 344 g/mol. The monoisotopic (exact) mass is 364 g/mol. The fourth-order valence-corrected chi connectivity index (χ4v) is 5.22. The van der Waals surface area contributed by atoms with Gasteiger partial charge in [0.25, 0.3) is 21.8 Å². The number of nitrogens with zero attached hydrogens (tertiary/aromatic N) is 1. The van der Waals surface area contributed by atoms with E-state index in [4.69, 9.17) is 4.74 Å². The van der Waals surface area contributed by atoms with Crippen LogP contribution in [0.15, 0.2) is 23.1 Å². The molecule has 2 amide bonds. The van der Waals surface area contributed by atoms with Gasteiger partial charge in [0.15, 0.2) is 0 Å². The maximum absolute atomic E-state index is 12.6. The average Bonchev–Trinajstić information content (AvgIpc) is 3.22. The molecular formula is C17H20N2O5S. The van der Waals surface area contributed by atoms with Crippen molar-refractivity contribution in [2.75, 3.05) is 13.2 Å². The summed E-state index contributed by atoms with van der Waals surface area (Å²) in [4.78, 5) is 24.6. The first-order chi connectivity index (χ1) is 12.0. The topological polar surface area (TPSA) is 92.8 Å². The predicted molar refractivity (Wildman–Crippen MR) is 88.7 cm³/mol. The Balaban J connectivity index is 1.48. The van der Waals surface area contributed by atoms with E-state index < -0.39 is 15.9 Å². The predicted octanol–water partition coefficient (Wildman–Crippen LogP) is 1.29. The highest BCUT2D eigenvalue weighted by Gasteiger charge is 2.48. The third-order valence-electron chi connectivity index (χ3n) is 4.87. The summed E-state index contributed by atoms with van der Waals surface area (Å²) in [6, 6.07) is 4.02. The van der Waals surface area contributed by atoms with Crippen molar-refractivity contribution in [1.82, 2.24) is 9.62 Å². The van der Waals surface area contributed by atoms with Crippen LogP contribution in [0.4, 0.5) is 0 Å². The van der Waals surface area contributed by atoms with Crippen LogP contribution in [0.3, 0.4) is 0 Å². The molecule has 25 heavy (non-hydrogen) atoms. The molecule has 4 rings (SSSR count). The Labute approximate surface area is 146 Å². The van der Waals surface area contributed by atoms with Crippen molar-refractivity contribution in [1.29, 1.82) is 0 Å². The van der Waals surface area contributed by atoms with Crippen LogP contribution in [-0.4, -0.2) is 49.8 Å². The standard InChI is InChI=1S/C17H20N2O5S/c20-16(18-8-7-13-2-1-9-24-13)11-3-6-14-15(10-11)25(22,23)19(17(14)21)12-4-5-12/h3,6,10,12-13H,1-2,4-5,7-9H2,(H,18,20). The lowest BCUT2D eigenvalue weighted by atomic mass is 10.1. The molecule has 0 radical (unpaired) electrons. The second kappa shape index (κ2) is 6.10. The molecule has 2 fully saturated rings. The van der Waals surface area contributed by atoms with Gasteiger partial charge in [-0.05, 0) is 50.3 Å². The number of amides is 2. The number of hydrogen-bond acceptors (Lipinski definition) is 5. The number of benzene rings is 1. The molecule has 134 valence electrons. The number of sulfonamides is 1. The van der Waals surface area contributed by atoms with Gasteiger partial charge in [0.2, 0.25) is 0 Å². The maximum Gasteiger partial charge on any atom is 0.269 e. The van der Waals surface area contributed by atoms with E-state index in [1.54, 1.807) is 0 Å². The molecule has 1 N–H and O–H groups in total. The van der Waals surface area contributed by atoms with E-state index in [0.29, 0.717) is 19.4 Å². The van der Waals surface area contributed by atoms with Gasteiger partial charge in [0.1, 0.15) is 4.90 Å². The van der Waals surface area contributed by atoms with Gasteiger partial charge in [0, 0.05) is 24.8 Å². The molecule has 2 aliphatic heterocycles. The third-order valence-corrected chi connectivity index (χ3v) is 6.74. The van der Waals surface area contributed by atoms with Crippen LogP contribution in [0.2, 0.25) is 0 Å². The molecule has 1 aromatic rings. The molecule has 1 aliphatic carbocycles. The molecule has 0 bridgehead atoms.